The summed E-state index contributed by atoms with van der Waals surface area (Å²) in [6.45, 7) is 3.35. The number of nitrogens with zero attached hydrogens (tertiary/aromatic N) is 5. The Morgan fingerprint density at radius 3 is 2.72 bits per heavy atom. The number of aryl methyl sites for hydroxylation is 1. The van der Waals surface area contributed by atoms with E-state index in [1.165, 1.54) is 0 Å². The molecule has 130 valence electrons. The van der Waals surface area contributed by atoms with Crippen LogP contribution in [0.15, 0.2) is 24.3 Å². The highest BCUT2D eigenvalue weighted by molar-refractivity contribution is 7.16. The lowest BCUT2D eigenvalue weighted by Gasteiger charge is -2.31. The van der Waals surface area contributed by atoms with Crippen LogP contribution in [0.5, 0.6) is 5.75 Å². The first kappa shape index (κ1) is 16.0. The number of benzene rings is 1. The van der Waals surface area contributed by atoms with E-state index in [1.807, 2.05) is 36.1 Å². The van der Waals surface area contributed by atoms with E-state index >= 15 is 0 Å². The third kappa shape index (κ3) is 2.86. The van der Waals surface area contributed by atoms with Gasteiger partial charge in [-0.1, -0.05) is 23.5 Å². The molecule has 0 spiro atoms. The summed E-state index contributed by atoms with van der Waals surface area (Å²) < 4.78 is 7.11. The number of fused-ring (bicyclic) bond motifs is 1. The van der Waals surface area contributed by atoms with E-state index in [4.69, 9.17) is 4.74 Å². The molecule has 8 heteroatoms. The predicted octanol–water partition coefficient (Wildman–Crippen LogP) is 2.52. The van der Waals surface area contributed by atoms with E-state index in [0.717, 1.165) is 41.7 Å². The highest BCUT2D eigenvalue weighted by Crippen LogP contribution is 2.32. The molecule has 0 N–H and O–H groups in total. The Labute approximate surface area is 149 Å². The average Bonchev–Trinajstić information content (AvgIpc) is 3.23. The van der Waals surface area contributed by atoms with Gasteiger partial charge in [0.2, 0.25) is 4.96 Å². The molecule has 2 aromatic heterocycles. The van der Waals surface area contributed by atoms with Crippen molar-refractivity contribution in [2.75, 3.05) is 20.2 Å². The summed E-state index contributed by atoms with van der Waals surface area (Å²) in [4.78, 5) is 15.5. The number of piperidine rings is 1. The lowest BCUT2D eigenvalue weighted by molar-refractivity contribution is 0.0709. The zero-order valence-electron chi connectivity index (χ0n) is 14.2. The Bertz CT molecular complexity index is 911. The number of hydrogen-bond donors (Lipinski definition) is 0. The van der Waals surface area contributed by atoms with Crippen LogP contribution in [0.4, 0.5) is 0 Å². The molecule has 1 aliphatic rings. The van der Waals surface area contributed by atoms with E-state index in [2.05, 4.69) is 15.3 Å². The van der Waals surface area contributed by atoms with Gasteiger partial charge >= 0.3 is 0 Å². The third-order valence-corrected chi connectivity index (χ3v) is 5.69. The molecule has 1 aromatic carbocycles. The Morgan fingerprint density at radius 2 is 2.00 bits per heavy atom. The van der Waals surface area contributed by atoms with Gasteiger partial charge in [-0.05, 0) is 31.9 Å². The summed E-state index contributed by atoms with van der Waals surface area (Å²) in [5.74, 6) is 1.83. The molecule has 1 aliphatic heterocycles. The van der Waals surface area contributed by atoms with Crippen LogP contribution < -0.4 is 4.74 Å². The van der Waals surface area contributed by atoms with Crippen LogP contribution in [0.2, 0.25) is 0 Å². The Balaban J connectivity index is 1.46. The number of aromatic nitrogens is 4. The van der Waals surface area contributed by atoms with Crippen LogP contribution in [0, 0.1) is 6.92 Å². The average molecular weight is 357 g/mol. The molecule has 0 radical (unpaired) electrons. The number of hydrogen-bond acceptors (Lipinski definition) is 6. The van der Waals surface area contributed by atoms with Crippen molar-refractivity contribution in [3.05, 3.63) is 40.7 Å². The topological polar surface area (TPSA) is 72.6 Å². The number of likely N-dealkylation sites (tertiary alicyclic amines) is 1. The predicted molar refractivity (Wildman–Crippen MR) is 94.3 cm³/mol. The van der Waals surface area contributed by atoms with Gasteiger partial charge in [0, 0.05) is 19.0 Å². The van der Waals surface area contributed by atoms with Crippen molar-refractivity contribution in [1.82, 2.24) is 24.7 Å². The smallest absolute Gasteiger partial charge is 0.257 e. The fourth-order valence-corrected chi connectivity index (χ4v) is 4.27. The maximum atomic E-state index is 12.8. The summed E-state index contributed by atoms with van der Waals surface area (Å²) in [5, 5.41) is 13.9. The second kappa shape index (κ2) is 6.44. The molecule has 0 saturated carbocycles. The van der Waals surface area contributed by atoms with E-state index in [1.54, 1.807) is 23.0 Å². The maximum absolute atomic E-state index is 12.8. The largest absolute Gasteiger partial charge is 0.496 e. The van der Waals surface area contributed by atoms with E-state index in [-0.39, 0.29) is 5.91 Å². The van der Waals surface area contributed by atoms with E-state index in [0.29, 0.717) is 17.2 Å². The van der Waals surface area contributed by atoms with Gasteiger partial charge in [-0.3, -0.25) is 4.79 Å². The number of ether oxygens (including phenoxy) is 1. The Kier molecular flexibility index (Phi) is 4.12. The third-order valence-electron chi connectivity index (χ3n) is 4.63. The molecule has 0 bridgehead atoms. The van der Waals surface area contributed by atoms with Gasteiger partial charge in [0.15, 0.2) is 5.82 Å². The molecule has 0 atom stereocenters. The lowest BCUT2D eigenvalue weighted by atomic mass is 9.97. The minimum atomic E-state index is 0.0323. The van der Waals surface area contributed by atoms with Gasteiger partial charge in [-0.25, -0.2) is 0 Å². The van der Waals surface area contributed by atoms with Crippen LogP contribution in [-0.2, 0) is 0 Å². The Morgan fingerprint density at radius 1 is 1.24 bits per heavy atom. The molecule has 7 nitrogen and oxygen atoms in total. The number of carbonyl (C=O) groups is 1. The molecule has 0 aliphatic carbocycles. The van der Waals surface area contributed by atoms with Crippen molar-refractivity contribution >= 4 is 22.2 Å². The van der Waals surface area contributed by atoms with Crippen molar-refractivity contribution < 1.29 is 9.53 Å². The van der Waals surface area contributed by atoms with Gasteiger partial charge in [0.05, 0.1) is 12.7 Å². The molecular weight excluding hydrogens is 338 g/mol. The summed E-state index contributed by atoms with van der Waals surface area (Å²) in [7, 11) is 1.59. The van der Waals surface area contributed by atoms with Crippen molar-refractivity contribution in [3.8, 4) is 5.75 Å². The molecular formula is C17H19N5O2S. The molecule has 3 aromatic rings. The normalized spacial score (nSPS) is 15.7. The molecule has 0 unspecified atom stereocenters. The lowest BCUT2D eigenvalue weighted by Crippen LogP contribution is -2.38. The monoisotopic (exact) mass is 357 g/mol. The molecule has 1 amide bonds. The standard InChI is InChI=1S/C17H19N5O2S/c1-11-18-19-17-22(11)20-15(25-17)12-7-9-21(10-8-12)16(23)13-5-3-4-6-14(13)24-2/h3-6,12H,7-10H2,1-2H3. The van der Waals surface area contributed by atoms with E-state index < -0.39 is 0 Å². The molecule has 1 saturated heterocycles. The molecule has 1 fully saturated rings. The zero-order chi connectivity index (χ0) is 17.4. The summed E-state index contributed by atoms with van der Waals surface area (Å²) in [6.07, 6.45) is 1.81. The summed E-state index contributed by atoms with van der Waals surface area (Å²) in [6, 6.07) is 7.38. The van der Waals surface area contributed by atoms with Gasteiger partial charge in [0.25, 0.3) is 5.91 Å². The fourth-order valence-electron chi connectivity index (χ4n) is 3.22. The van der Waals surface area contributed by atoms with Crippen LogP contribution in [-0.4, -0.2) is 50.8 Å². The van der Waals surface area contributed by atoms with Crippen molar-refractivity contribution in [1.29, 1.82) is 0 Å². The van der Waals surface area contributed by atoms with Crippen LogP contribution in [0.1, 0.15) is 39.9 Å². The van der Waals surface area contributed by atoms with Crippen LogP contribution >= 0.6 is 11.3 Å². The minimum Gasteiger partial charge on any atom is -0.496 e. The maximum Gasteiger partial charge on any atom is 0.257 e. The summed E-state index contributed by atoms with van der Waals surface area (Å²) in [5.41, 5.74) is 0.623. The van der Waals surface area contributed by atoms with Crippen molar-refractivity contribution in [2.24, 2.45) is 0 Å². The summed E-state index contributed by atoms with van der Waals surface area (Å²) >= 11 is 1.59. The first-order valence-electron chi connectivity index (χ1n) is 8.28. The zero-order valence-corrected chi connectivity index (χ0v) is 15.0. The Hall–Kier alpha value is -2.48. The number of para-hydroxylation sites is 1. The van der Waals surface area contributed by atoms with Gasteiger partial charge in [0.1, 0.15) is 10.8 Å². The second-order valence-electron chi connectivity index (χ2n) is 6.15. The second-order valence-corrected chi connectivity index (χ2v) is 7.14. The number of carbonyl (C=O) groups excluding carboxylic acids is 1. The SMILES string of the molecule is COc1ccccc1C(=O)N1CCC(c2nn3c(C)nnc3s2)CC1. The molecule has 3 heterocycles. The van der Waals surface area contributed by atoms with Crippen LogP contribution in [0.3, 0.4) is 0 Å². The highest BCUT2D eigenvalue weighted by atomic mass is 32.1. The van der Waals surface area contributed by atoms with Crippen molar-refractivity contribution in [3.63, 3.8) is 0 Å². The van der Waals surface area contributed by atoms with Gasteiger partial charge < -0.3 is 9.64 Å². The van der Waals surface area contributed by atoms with Gasteiger partial charge in [-0.15, -0.1) is 10.2 Å². The van der Waals surface area contributed by atoms with E-state index in [9.17, 15) is 4.79 Å². The first-order valence-corrected chi connectivity index (χ1v) is 9.10. The quantitative estimate of drug-likeness (QED) is 0.720. The highest BCUT2D eigenvalue weighted by Gasteiger charge is 2.28. The number of methoxy groups -OCH3 is 1. The molecule has 25 heavy (non-hydrogen) atoms. The number of rotatable bonds is 3. The number of amides is 1. The fraction of sp³-hybridized carbons (Fsp3) is 0.412. The minimum absolute atomic E-state index is 0.0323. The molecule has 4 rings (SSSR count). The van der Waals surface area contributed by atoms with Crippen molar-refractivity contribution in [2.45, 2.75) is 25.7 Å². The first-order chi connectivity index (χ1) is 12.2. The van der Waals surface area contributed by atoms with Crippen LogP contribution in [0.25, 0.3) is 4.96 Å². The van der Waals surface area contributed by atoms with Gasteiger partial charge in [-0.2, -0.15) is 9.61 Å².